The van der Waals surface area contributed by atoms with Crippen molar-refractivity contribution in [1.29, 1.82) is 0 Å². The SMILES string of the molecule is CCOc1cccc(P)c1.Cl[CH2][Pd]. The summed E-state index contributed by atoms with van der Waals surface area (Å²) in [5.74, 6) is 0.940. The third-order valence-electron chi connectivity index (χ3n) is 1.17. The first kappa shape index (κ1) is 13.4. The van der Waals surface area contributed by atoms with E-state index in [4.69, 9.17) is 16.3 Å². The molecule has 0 heterocycles. The van der Waals surface area contributed by atoms with Gasteiger partial charge >= 0.3 is 35.2 Å². The summed E-state index contributed by atoms with van der Waals surface area (Å²) in [6.45, 7) is 2.71. The summed E-state index contributed by atoms with van der Waals surface area (Å²) in [5.41, 5.74) is 0. The number of hydrogen-bond acceptors (Lipinski definition) is 1. The maximum atomic E-state index is 5.27. The minimum atomic E-state index is 0.572. The Bertz CT molecular complexity index is 233. The van der Waals surface area contributed by atoms with E-state index in [0.29, 0.717) is 4.35 Å². The fourth-order valence-corrected chi connectivity index (χ4v) is 1.05. The molecule has 0 spiro atoms. The van der Waals surface area contributed by atoms with Crippen LogP contribution in [0.4, 0.5) is 0 Å². The maximum absolute atomic E-state index is 5.27. The van der Waals surface area contributed by atoms with E-state index in [1.165, 1.54) is 0 Å². The average Bonchev–Trinajstić information content (AvgIpc) is 2.06. The van der Waals surface area contributed by atoms with Crippen molar-refractivity contribution in [3.05, 3.63) is 24.3 Å². The van der Waals surface area contributed by atoms with E-state index >= 15 is 0 Å². The van der Waals surface area contributed by atoms with Gasteiger partial charge in [0, 0.05) is 0 Å². The molecule has 1 unspecified atom stereocenters. The zero-order valence-corrected chi connectivity index (χ0v) is 10.9. The van der Waals surface area contributed by atoms with Crippen LogP contribution in [0.5, 0.6) is 5.75 Å². The van der Waals surface area contributed by atoms with Crippen molar-refractivity contribution in [3.8, 4) is 5.75 Å². The van der Waals surface area contributed by atoms with Crippen LogP contribution in [0.3, 0.4) is 0 Å². The molecule has 1 nitrogen and oxygen atoms in total. The molecule has 0 N–H and O–H groups in total. The van der Waals surface area contributed by atoms with Gasteiger partial charge in [0.05, 0.1) is 6.61 Å². The van der Waals surface area contributed by atoms with E-state index in [1.807, 2.05) is 31.2 Å². The Morgan fingerprint density at radius 3 is 2.62 bits per heavy atom. The first-order valence-electron chi connectivity index (χ1n) is 3.80. The first-order valence-corrected chi connectivity index (χ1v) is 6.01. The summed E-state index contributed by atoms with van der Waals surface area (Å²) >= 11 is 7.64. The molecule has 4 heteroatoms. The molecule has 0 saturated carbocycles. The van der Waals surface area contributed by atoms with Gasteiger partial charge in [0.15, 0.2) is 0 Å². The molecule has 13 heavy (non-hydrogen) atoms. The molecule has 1 aromatic rings. The molecule has 1 rings (SSSR count). The third-order valence-corrected chi connectivity index (χ3v) is 1.53. The molecular formula is C9H13ClOPPd. The van der Waals surface area contributed by atoms with Gasteiger partial charge < -0.3 is 4.74 Å². The van der Waals surface area contributed by atoms with Crippen LogP contribution < -0.4 is 10.0 Å². The quantitative estimate of drug-likeness (QED) is 0.463. The molecule has 0 aliphatic carbocycles. The van der Waals surface area contributed by atoms with Crippen LogP contribution in [-0.2, 0) is 19.2 Å². The van der Waals surface area contributed by atoms with Gasteiger partial charge in [-0.25, -0.2) is 0 Å². The summed E-state index contributed by atoms with van der Waals surface area (Å²) in [6.07, 6.45) is 0. The standard InChI is InChI=1S/C8H11OP.CH2Cl.Pd/c1-2-9-7-4-3-5-8(10)6-7;1-2;/h3-6H,2,10H2,1H3;1H2;. The van der Waals surface area contributed by atoms with E-state index < -0.39 is 0 Å². The topological polar surface area (TPSA) is 9.23 Å². The number of halogens is 1. The van der Waals surface area contributed by atoms with E-state index in [2.05, 4.69) is 28.4 Å². The van der Waals surface area contributed by atoms with Crippen molar-refractivity contribution in [3.63, 3.8) is 0 Å². The minimum absolute atomic E-state index is 0.572. The molecule has 0 aliphatic heterocycles. The van der Waals surface area contributed by atoms with Gasteiger partial charge in [-0.1, -0.05) is 12.1 Å². The predicted octanol–water partition coefficient (Wildman–Crippen LogP) is 2.32. The molecule has 0 aliphatic rings. The van der Waals surface area contributed by atoms with Gasteiger partial charge in [0.25, 0.3) is 0 Å². The number of alkyl halides is 1. The van der Waals surface area contributed by atoms with Crippen LogP contribution >= 0.6 is 20.8 Å². The number of benzene rings is 1. The van der Waals surface area contributed by atoms with Crippen molar-refractivity contribution < 1.29 is 23.9 Å². The number of hydrogen-bond donors (Lipinski definition) is 0. The van der Waals surface area contributed by atoms with Crippen LogP contribution in [0.15, 0.2) is 24.3 Å². The molecule has 0 radical (unpaired) electrons. The van der Waals surface area contributed by atoms with Gasteiger partial charge in [-0.15, -0.1) is 9.24 Å². The normalized spacial score (nSPS) is 8.69. The molecule has 0 aromatic heterocycles. The van der Waals surface area contributed by atoms with Gasteiger partial charge in [0.1, 0.15) is 5.75 Å². The number of rotatable bonds is 2. The summed E-state index contributed by atoms with van der Waals surface area (Å²) in [6, 6.07) is 7.95. The second-order valence-corrected chi connectivity index (χ2v) is 4.17. The zero-order chi connectivity index (χ0) is 10.1. The van der Waals surface area contributed by atoms with Crippen LogP contribution in [0.1, 0.15) is 6.92 Å². The molecule has 0 fully saturated rings. The Labute approximate surface area is 97.8 Å². The second-order valence-electron chi connectivity index (χ2n) is 2.09. The van der Waals surface area contributed by atoms with Crippen molar-refractivity contribution in [2.24, 2.45) is 0 Å². The first-order chi connectivity index (χ1) is 6.24. The van der Waals surface area contributed by atoms with Crippen LogP contribution in [-0.4, -0.2) is 11.0 Å². The Balaban J connectivity index is 0.000000424. The second kappa shape index (κ2) is 8.98. The zero-order valence-electron chi connectivity index (χ0n) is 7.40. The summed E-state index contributed by atoms with van der Waals surface area (Å²) < 4.78 is 5.85. The molecule has 1 aromatic carbocycles. The number of ether oxygens (including phenoxy) is 1. The predicted molar refractivity (Wildman–Crippen MR) is 57.7 cm³/mol. The monoisotopic (exact) mass is 309 g/mol. The Morgan fingerprint density at radius 1 is 1.54 bits per heavy atom. The van der Waals surface area contributed by atoms with E-state index in [9.17, 15) is 0 Å². The van der Waals surface area contributed by atoms with Crippen LogP contribution in [0.2, 0.25) is 0 Å². The Kier molecular flexibility index (Phi) is 9.25. The van der Waals surface area contributed by atoms with Gasteiger partial charge in [-0.2, -0.15) is 0 Å². The summed E-state index contributed by atoms with van der Waals surface area (Å²) in [7, 11) is 2.63. The van der Waals surface area contributed by atoms with Crippen molar-refractivity contribution in [2.45, 2.75) is 6.92 Å². The molecule has 0 bridgehead atoms. The Hall–Kier alpha value is 0.402. The fraction of sp³-hybridized carbons (Fsp3) is 0.333. The van der Waals surface area contributed by atoms with Gasteiger partial charge in [0.2, 0.25) is 0 Å². The molecule has 0 saturated heterocycles. The van der Waals surface area contributed by atoms with Crippen LogP contribution in [0.25, 0.3) is 0 Å². The Morgan fingerprint density at radius 2 is 2.15 bits per heavy atom. The van der Waals surface area contributed by atoms with Crippen LogP contribution in [0, 0.1) is 0 Å². The van der Waals surface area contributed by atoms with Gasteiger partial charge in [-0.05, 0) is 24.4 Å². The van der Waals surface area contributed by atoms with E-state index in [0.717, 1.165) is 17.7 Å². The molecule has 77 valence electrons. The van der Waals surface area contributed by atoms with Crippen molar-refractivity contribution >= 4 is 26.1 Å². The fourth-order valence-electron chi connectivity index (χ4n) is 0.771. The van der Waals surface area contributed by atoms with E-state index in [-0.39, 0.29) is 0 Å². The summed E-state index contributed by atoms with van der Waals surface area (Å²) in [5, 5.41) is 1.16. The van der Waals surface area contributed by atoms with Crippen molar-refractivity contribution in [1.82, 2.24) is 0 Å². The molecular weight excluding hydrogens is 297 g/mol. The van der Waals surface area contributed by atoms with Crippen molar-refractivity contribution in [2.75, 3.05) is 11.0 Å². The summed E-state index contributed by atoms with van der Waals surface area (Å²) in [4.78, 5) is 0. The third kappa shape index (κ3) is 7.47. The molecule has 1 atom stereocenters. The average molecular weight is 310 g/mol. The molecule has 0 amide bonds. The van der Waals surface area contributed by atoms with E-state index in [1.54, 1.807) is 0 Å². The van der Waals surface area contributed by atoms with Gasteiger partial charge in [-0.3, -0.25) is 0 Å².